The summed E-state index contributed by atoms with van der Waals surface area (Å²) in [6.45, 7) is 1.88. The number of nitrogens with zero attached hydrogens (tertiary/aromatic N) is 1. The summed E-state index contributed by atoms with van der Waals surface area (Å²) in [6, 6.07) is 20.7. The number of hydrogen-bond acceptors (Lipinski definition) is 3. The number of para-hydroxylation sites is 1. The number of carbonyl (C=O) groups is 1. The molecule has 4 aromatic rings. The molecule has 1 N–H and O–H groups in total. The monoisotopic (exact) mass is 438 g/mol. The number of hydrogen-bond donors (Lipinski definition) is 1. The van der Waals surface area contributed by atoms with Crippen LogP contribution in [-0.4, -0.2) is 18.9 Å². The summed E-state index contributed by atoms with van der Waals surface area (Å²) < 4.78 is 28.2. The van der Waals surface area contributed by atoms with Crippen LogP contribution in [0.3, 0.4) is 0 Å². The minimum Gasteiger partial charge on any atom is -0.337 e. The fourth-order valence-corrected chi connectivity index (χ4v) is 4.89. The molecule has 0 saturated heterocycles. The highest BCUT2D eigenvalue weighted by Crippen LogP contribution is 2.30. The molecule has 5 nitrogen and oxygen atoms in total. The highest BCUT2D eigenvalue weighted by molar-refractivity contribution is 7.91. The lowest BCUT2D eigenvalue weighted by Crippen LogP contribution is -2.18. The van der Waals surface area contributed by atoms with E-state index in [4.69, 9.17) is 11.6 Å². The SMILES string of the molecule is Cc1ccc(S(=O)(=O)c2cn(CC(=O)Nc3ccc(Cl)cc3)c3ccccc23)cc1. The number of carbonyl (C=O) groups excluding carboxylic acids is 1. The number of aryl methyl sites for hydroxylation is 1. The molecule has 0 spiro atoms. The van der Waals surface area contributed by atoms with Gasteiger partial charge < -0.3 is 9.88 Å². The first-order valence-electron chi connectivity index (χ1n) is 9.30. The van der Waals surface area contributed by atoms with Gasteiger partial charge in [0.05, 0.1) is 9.79 Å². The molecule has 0 aliphatic carbocycles. The highest BCUT2D eigenvalue weighted by Gasteiger charge is 2.23. The summed E-state index contributed by atoms with van der Waals surface area (Å²) in [4.78, 5) is 13.0. The van der Waals surface area contributed by atoms with Gasteiger partial charge in [0, 0.05) is 27.8 Å². The van der Waals surface area contributed by atoms with E-state index in [-0.39, 0.29) is 22.2 Å². The maximum atomic E-state index is 13.3. The van der Waals surface area contributed by atoms with Crippen LogP contribution in [0, 0.1) is 6.92 Å². The summed E-state index contributed by atoms with van der Waals surface area (Å²) in [7, 11) is -3.73. The van der Waals surface area contributed by atoms with E-state index in [9.17, 15) is 13.2 Å². The fourth-order valence-electron chi connectivity index (χ4n) is 3.29. The molecule has 30 heavy (non-hydrogen) atoms. The zero-order chi connectivity index (χ0) is 21.3. The first-order valence-corrected chi connectivity index (χ1v) is 11.2. The second-order valence-corrected chi connectivity index (χ2v) is 9.36. The molecule has 1 aromatic heterocycles. The van der Waals surface area contributed by atoms with E-state index in [0.717, 1.165) is 5.56 Å². The number of amides is 1. The van der Waals surface area contributed by atoms with E-state index in [0.29, 0.717) is 21.6 Å². The molecule has 1 amide bonds. The predicted octanol–water partition coefficient (Wildman–Crippen LogP) is 5.07. The first-order chi connectivity index (χ1) is 14.3. The Bertz CT molecular complexity index is 1330. The zero-order valence-electron chi connectivity index (χ0n) is 16.2. The van der Waals surface area contributed by atoms with Gasteiger partial charge in [0.15, 0.2) is 0 Å². The smallest absolute Gasteiger partial charge is 0.244 e. The van der Waals surface area contributed by atoms with E-state index in [1.165, 1.54) is 6.20 Å². The van der Waals surface area contributed by atoms with Crippen LogP contribution in [0.15, 0.2) is 88.8 Å². The number of halogens is 1. The van der Waals surface area contributed by atoms with Crippen LogP contribution >= 0.6 is 11.6 Å². The van der Waals surface area contributed by atoms with Gasteiger partial charge in [0.25, 0.3) is 0 Å². The highest BCUT2D eigenvalue weighted by atomic mass is 35.5. The van der Waals surface area contributed by atoms with Crippen molar-refractivity contribution >= 4 is 43.9 Å². The number of benzene rings is 3. The summed E-state index contributed by atoms with van der Waals surface area (Å²) >= 11 is 5.87. The van der Waals surface area contributed by atoms with Gasteiger partial charge in [-0.2, -0.15) is 0 Å². The molecule has 0 unspecified atom stereocenters. The molecule has 0 aliphatic rings. The van der Waals surface area contributed by atoms with Crippen LogP contribution < -0.4 is 5.32 Å². The maximum absolute atomic E-state index is 13.3. The molecular formula is C23H19ClN2O3S. The molecule has 4 rings (SSSR count). The molecule has 0 fully saturated rings. The van der Waals surface area contributed by atoms with E-state index in [1.54, 1.807) is 71.3 Å². The van der Waals surface area contributed by atoms with Gasteiger partial charge in [-0.3, -0.25) is 4.79 Å². The van der Waals surface area contributed by atoms with Gasteiger partial charge >= 0.3 is 0 Å². The van der Waals surface area contributed by atoms with E-state index >= 15 is 0 Å². The summed E-state index contributed by atoms with van der Waals surface area (Å²) in [5.74, 6) is -0.266. The molecule has 0 saturated carbocycles. The van der Waals surface area contributed by atoms with Crippen molar-refractivity contribution < 1.29 is 13.2 Å². The van der Waals surface area contributed by atoms with Gasteiger partial charge in [-0.15, -0.1) is 0 Å². The van der Waals surface area contributed by atoms with Crippen LogP contribution in [-0.2, 0) is 21.2 Å². The minimum absolute atomic E-state index is 0.0213. The van der Waals surface area contributed by atoms with Crippen molar-refractivity contribution in [1.82, 2.24) is 4.57 Å². The van der Waals surface area contributed by atoms with Crippen LogP contribution in [0.1, 0.15) is 5.56 Å². The molecule has 0 radical (unpaired) electrons. The Morgan fingerprint density at radius 2 is 1.63 bits per heavy atom. The van der Waals surface area contributed by atoms with Crippen LogP contribution in [0.4, 0.5) is 5.69 Å². The lowest BCUT2D eigenvalue weighted by atomic mass is 10.2. The summed E-state index contributed by atoms with van der Waals surface area (Å²) in [5.41, 5.74) is 2.28. The predicted molar refractivity (Wildman–Crippen MR) is 119 cm³/mol. The van der Waals surface area contributed by atoms with Gasteiger partial charge in [-0.1, -0.05) is 47.5 Å². The van der Waals surface area contributed by atoms with E-state index < -0.39 is 9.84 Å². The average molecular weight is 439 g/mol. The van der Waals surface area contributed by atoms with Crippen LogP contribution in [0.25, 0.3) is 10.9 Å². The van der Waals surface area contributed by atoms with Gasteiger partial charge in [0.1, 0.15) is 6.54 Å². The molecule has 0 atom stereocenters. The maximum Gasteiger partial charge on any atom is 0.244 e. The molecular weight excluding hydrogens is 420 g/mol. The third-order valence-electron chi connectivity index (χ3n) is 4.81. The van der Waals surface area contributed by atoms with Crippen molar-refractivity contribution in [2.45, 2.75) is 23.3 Å². The Balaban J connectivity index is 1.69. The van der Waals surface area contributed by atoms with Crippen molar-refractivity contribution in [3.05, 3.63) is 89.6 Å². The molecule has 3 aromatic carbocycles. The fraction of sp³-hybridized carbons (Fsp3) is 0.0870. The lowest BCUT2D eigenvalue weighted by Gasteiger charge is -2.07. The summed E-state index contributed by atoms with van der Waals surface area (Å²) in [5, 5.41) is 3.96. The number of rotatable bonds is 5. The molecule has 152 valence electrons. The number of sulfone groups is 1. The molecule has 1 heterocycles. The second kappa shape index (κ2) is 7.97. The quantitative estimate of drug-likeness (QED) is 0.472. The topological polar surface area (TPSA) is 68.2 Å². The molecule has 7 heteroatoms. The minimum atomic E-state index is -3.73. The van der Waals surface area contributed by atoms with Crippen molar-refractivity contribution in [1.29, 1.82) is 0 Å². The largest absolute Gasteiger partial charge is 0.337 e. The Kier molecular flexibility index (Phi) is 5.37. The number of nitrogens with one attached hydrogen (secondary N) is 1. The standard InChI is InChI=1S/C23H19ClN2O3S/c1-16-6-12-19(13-7-16)30(28,29)22-14-26(21-5-3-2-4-20(21)22)15-23(27)25-18-10-8-17(24)9-11-18/h2-14H,15H2,1H3,(H,25,27). The van der Waals surface area contributed by atoms with Crippen LogP contribution in [0.2, 0.25) is 5.02 Å². The third-order valence-corrected chi connectivity index (χ3v) is 6.86. The number of fused-ring (bicyclic) bond motifs is 1. The Labute approximate surface area is 179 Å². The number of anilines is 1. The van der Waals surface area contributed by atoms with Gasteiger partial charge in [-0.05, 0) is 49.4 Å². The van der Waals surface area contributed by atoms with Gasteiger partial charge in [0.2, 0.25) is 15.7 Å². The average Bonchev–Trinajstić information content (AvgIpc) is 3.09. The Morgan fingerprint density at radius 3 is 2.33 bits per heavy atom. The van der Waals surface area contributed by atoms with Crippen molar-refractivity contribution in [3.8, 4) is 0 Å². The number of aromatic nitrogens is 1. The lowest BCUT2D eigenvalue weighted by molar-refractivity contribution is -0.116. The normalized spacial score (nSPS) is 11.5. The zero-order valence-corrected chi connectivity index (χ0v) is 17.7. The van der Waals surface area contributed by atoms with Crippen LogP contribution in [0.5, 0.6) is 0 Å². The Hall–Kier alpha value is -3.09. The van der Waals surface area contributed by atoms with E-state index in [1.807, 2.05) is 13.0 Å². The summed E-state index contributed by atoms with van der Waals surface area (Å²) in [6.07, 6.45) is 1.53. The second-order valence-electron chi connectivity index (χ2n) is 7.01. The van der Waals surface area contributed by atoms with Crippen molar-refractivity contribution in [2.24, 2.45) is 0 Å². The third kappa shape index (κ3) is 3.97. The molecule has 0 aliphatic heterocycles. The first kappa shape index (κ1) is 20.2. The Morgan fingerprint density at radius 1 is 0.967 bits per heavy atom. The van der Waals surface area contributed by atoms with Crippen molar-refractivity contribution in [2.75, 3.05) is 5.32 Å². The van der Waals surface area contributed by atoms with Gasteiger partial charge in [-0.25, -0.2) is 8.42 Å². The molecule has 0 bridgehead atoms. The van der Waals surface area contributed by atoms with E-state index in [2.05, 4.69) is 5.32 Å². The van der Waals surface area contributed by atoms with Crippen molar-refractivity contribution in [3.63, 3.8) is 0 Å².